The van der Waals surface area contributed by atoms with Crippen LogP contribution in [-0.2, 0) is 4.74 Å². The van der Waals surface area contributed by atoms with Gasteiger partial charge in [0, 0.05) is 6.61 Å². The average molecular weight is 240 g/mol. The van der Waals surface area contributed by atoms with E-state index in [4.69, 9.17) is 10.6 Å². The maximum atomic E-state index is 6.09. The third kappa shape index (κ3) is 4.09. The van der Waals surface area contributed by atoms with Gasteiger partial charge in [-0.1, -0.05) is 25.3 Å². The van der Waals surface area contributed by atoms with Crippen LogP contribution in [0.1, 0.15) is 58.3 Å². The first-order valence-electron chi connectivity index (χ1n) is 7.00. The molecule has 100 valence electrons. The lowest BCUT2D eigenvalue weighted by Gasteiger charge is -2.43. The Balaban J connectivity index is 2.60. The minimum Gasteiger partial charge on any atom is -0.374 e. The Labute approximate surface area is 106 Å². The van der Waals surface area contributed by atoms with Gasteiger partial charge in [0.2, 0.25) is 0 Å². The third-order valence-corrected chi connectivity index (χ3v) is 3.87. The van der Waals surface area contributed by atoms with Crippen molar-refractivity contribution in [2.45, 2.75) is 69.9 Å². The van der Waals surface area contributed by atoms with E-state index in [2.05, 4.69) is 18.9 Å². The van der Waals surface area contributed by atoms with Crippen LogP contribution in [0.15, 0.2) is 12.7 Å². The largest absolute Gasteiger partial charge is 0.374 e. The highest BCUT2D eigenvalue weighted by atomic mass is 16.5. The molecule has 0 heterocycles. The monoisotopic (exact) mass is 240 g/mol. The number of nitrogens with two attached hydrogens (primary N) is 1. The fourth-order valence-corrected chi connectivity index (χ4v) is 3.00. The van der Waals surface area contributed by atoms with Crippen molar-refractivity contribution in [1.82, 2.24) is 5.43 Å². The molecule has 1 unspecified atom stereocenters. The maximum Gasteiger partial charge on any atom is 0.0848 e. The Hall–Kier alpha value is -0.380. The summed E-state index contributed by atoms with van der Waals surface area (Å²) in [6.45, 7) is 6.62. The minimum absolute atomic E-state index is 0.0249. The molecule has 1 saturated carbocycles. The summed E-state index contributed by atoms with van der Waals surface area (Å²) in [5.74, 6) is 5.75. The SMILES string of the molecule is C=CCCCC(NN)C1(OCC)CCCCC1. The zero-order valence-corrected chi connectivity index (χ0v) is 11.2. The highest BCUT2D eigenvalue weighted by Crippen LogP contribution is 2.36. The lowest BCUT2D eigenvalue weighted by atomic mass is 9.77. The molecule has 1 rings (SSSR count). The lowest BCUT2D eigenvalue weighted by molar-refractivity contribution is -0.0918. The molecule has 0 spiro atoms. The fourth-order valence-electron chi connectivity index (χ4n) is 3.00. The van der Waals surface area contributed by atoms with Gasteiger partial charge < -0.3 is 4.74 Å². The van der Waals surface area contributed by atoms with Crippen LogP contribution in [0.25, 0.3) is 0 Å². The Morgan fingerprint density at radius 1 is 1.41 bits per heavy atom. The van der Waals surface area contributed by atoms with Crippen LogP contribution in [-0.4, -0.2) is 18.2 Å². The second kappa shape index (κ2) is 7.85. The standard InChI is InChI=1S/C14H28N2O/c1-3-5-7-10-13(16-15)14(17-4-2)11-8-6-9-12-14/h3,13,16H,1,4-12,15H2,2H3. The van der Waals surface area contributed by atoms with E-state index in [1.165, 1.54) is 19.3 Å². The summed E-state index contributed by atoms with van der Waals surface area (Å²) in [6.07, 6.45) is 11.4. The van der Waals surface area contributed by atoms with Gasteiger partial charge in [-0.05, 0) is 39.0 Å². The number of hydrogen-bond donors (Lipinski definition) is 2. The number of nitrogens with one attached hydrogen (secondary N) is 1. The van der Waals surface area contributed by atoms with Gasteiger partial charge in [-0.3, -0.25) is 11.3 Å². The highest BCUT2D eigenvalue weighted by molar-refractivity contribution is 4.94. The molecule has 1 aliphatic carbocycles. The zero-order valence-electron chi connectivity index (χ0n) is 11.2. The van der Waals surface area contributed by atoms with Gasteiger partial charge in [0.25, 0.3) is 0 Å². The smallest absolute Gasteiger partial charge is 0.0848 e. The molecule has 0 bridgehead atoms. The summed E-state index contributed by atoms with van der Waals surface area (Å²) >= 11 is 0. The first-order valence-corrected chi connectivity index (χ1v) is 7.00. The molecule has 17 heavy (non-hydrogen) atoms. The van der Waals surface area contributed by atoms with Crippen LogP contribution in [0.4, 0.5) is 0 Å². The van der Waals surface area contributed by atoms with E-state index >= 15 is 0 Å². The van der Waals surface area contributed by atoms with Gasteiger partial charge in [0.15, 0.2) is 0 Å². The molecule has 1 fully saturated rings. The molecule has 0 aromatic heterocycles. The van der Waals surface area contributed by atoms with Crippen LogP contribution in [0.3, 0.4) is 0 Å². The van der Waals surface area contributed by atoms with Crippen molar-refractivity contribution in [2.24, 2.45) is 5.84 Å². The van der Waals surface area contributed by atoms with E-state index < -0.39 is 0 Å². The first kappa shape index (κ1) is 14.7. The van der Waals surface area contributed by atoms with Gasteiger partial charge in [-0.2, -0.15) is 0 Å². The van der Waals surface area contributed by atoms with Gasteiger partial charge >= 0.3 is 0 Å². The predicted octanol–water partition coefficient (Wildman–Crippen LogP) is 2.91. The van der Waals surface area contributed by atoms with Gasteiger partial charge in [0.05, 0.1) is 11.6 Å². The second-order valence-electron chi connectivity index (χ2n) is 5.00. The van der Waals surface area contributed by atoms with Gasteiger partial charge in [-0.15, -0.1) is 6.58 Å². The molecule has 3 nitrogen and oxygen atoms in total. The van der Waals surface area contributed by atoms with E-state index in [1.54, 1.807) is 0 Å². The van der Waals surface area contributed by atoms with Crippen molar-refractivity contribution in [3.05, 3.63) is 12.7 Å². The normalized spacial score (nSPS) is 21.1. The molecular weight excluding hydrogens is 212 g/mol. The molecule has 0 aromatic rings. The van der Waals surface area contributed by atoms with E-state index in [9.17, 15) is 0 Å². The van der Waals surface area contributed by atoms with Crippen molar-refractivity contribution in [3.63, 3.8) is 0 Å². The van der Waals surface area contributed by atoms with Crippen molar-refractivity contribution >= 4 is 0 Å². The molecule has 3 heteroatoms. The minimum atomic E-state index is -0.0249. The molecular formula is C14H28N2O. The second-order valence-corrected chi connectivity index (χ2v) is 5.00. The summed E-state index contributed by atoms with van der Waals surface area (Å²) in [7, 11) is 0. The van der Waals surface area contributed by atoms with Crippen LogP contribution in [0.5, 0.6) is 0 Å². The number of hydrazine groups is 1. The first-order chi connectivity index (χ1) is 8.29. The number of allylic oxidation sites excluding steroid dienone is 1. The Morgan fingerprint density at radius 2 is 2.12 bits per heavy atom. The Morgan fingerprint density at radius 3 is 2.65 bits per heavy atom. The Kier molecular flexibility index (Phi) is 6.78. The summed E-state index contributed by atoms with van der Waals surface area (Å²) in [5.41, 5.74) is 2.97. The van der Waals surface area contributed by atoms with Crippen LogP contribution in [0, 0.1) is 0 Å². The summed E-state index contributed by atoms with van der Waals surface area (Å²) in [4.78, 5) is 0. The summed E-state index contributed by atoms with van der Waals surface area (Å²) in [6, 6.07) is 0.280. The van der Waals surface area contributed by atoms with E-state index in [0.29, 0.717) is 0 Å². The summed E-state index contributed by atoms with van der Waals surface area (Å²) < 4.78 is 6.09. The number of hydrogen-bond acceptors (Lipinski definition) is 3. The number of unbranched alkanes of at least 4 members (excludes halogenated alkanes) is 1. The lowest BCUT2D eigenvalue weighted by Crippen LogP contribution is -2.55. The van der Waals surface area contributed by atoms with E-state index in [0.717, 1.165) is 38.7 Å². The van der Waals surface area contributed by atoms with Crippen molar-refractivity contribution < 1.29 is 4.74 Å². The molecule has 1 atom stereocenters. The van der Waals surface area contributed by atoms with Gasteiger partial charge in [-0.25, -0.2) is 0 Å². The van der Waals surface area contributed by atoms with E-state index in [-0.39, 0.29) is 11.6 Å². The van der Waals surface area contributed by atoms with Crippen LogP contribution >= 0.6 is 0 Å². The van der Waals surface area contributed by atoms with Crippen LogP contribution < -0.4 is 11.3 Å². The molecule has 0 aromatic carbocycles. The van der Waals surface area contributed by atoms with Crippen LogP contribution in [0.2, 0.25) is 0 Å². The fraction of sp³-hybridized carbons (Fsp3) is 0.857. The molecule has 1 aliphatic rings. The number of rotatable bonds is 8. The molecule has 0 amide bonds. The predicted molar refractivity (Wildman–Crippen MR) is 72.6 cm³/mol. The molecule has 0 aliphatic heterocycles. The molecule has 3 N–H and O–H groups in total. The van der Waals surface area contributed by atoms with Crippen molar-refractivity contribution in [2.75, 3.05) is 6.61 Å². The topological polar surface area (TPSA) is 47.3 Å². The quantitative estimate of drug-likeness (QED) is 0.297. The van der Waals surface area contributed by atoms with Gasteiger partial charge in [0.1, 0.15) is 0 Å². The Bertz CT molecular complexity index is 207. The summed E-state index contributed by atoms with van der Waals surface area (Å²) in [5, 5.41) is 0. The zero-order chi connectivity index (χ0) is 12.6. The number of ether oxygens (including phenoxy) is 1. The van der Waals surface area contributed by atoms with Crippen molar-refractivity contribution in [3.8, 4) is 0 Å². The molecule has 0 saturated heterocycles. The average Bonchev–Trinajstić information content (AvgIpc) is 2.36. The third-order valence-electron chi connectivity index (χ3n) is 3.87. The van der Waals surface area contributed by atoms with Crippen molar-refractivity contribution in [1.29, 1.82) is 0 Å². The van der Waals surface area contributed by atoms with E-state index in [1.807, 2.05) is 6.08 Å². The maximum absolute atomic E-state index is 6.09. The highest BCUT2D eigenvalue weighted by Gasteiger charge is 2.39. The molecule has 0 radical (unpaired) electrons.